The highest BCUT2D eigenvalue weighted by atomic mass is 19.1. The molecule has 1 aliphatic rings. The number of aromatic carboxylic acids is 1. The van der Waals surface area contributed by atoms with Gasteiger partial charge in [0.25, 0.3) is 0 Å². The van der Waals surface area contributed by atoms with Crippen LogP contribution in [-0.4, -0.2) is 42.8 Å². The Bertz CT molecular complexity index is 535. The number of halogens is 1. The summed E-state index contributed by atoms with van der Waals surface area (Å²) in [4.78, 5) is 22.8. The highest BCUT2D eigenvalue weighted by Gasteiger charge is 2.29. The first-order valence-electron chi connectivity index (χ1n) is 6.11. The normalized spacial score (nSPS) is 21.7. The van der Waals surface area contributed by atoms with Gasteiger partial charge in [-0.3, -0.25) is 4.79 Å². The molecule has 1 aromatic rings. The second-order valence-corrected chi connectivity index (χ2v) is 4.54. The lowest BCUT2D eigenvalue weighted by molar-refractivity contribution is -0.118. The number of carbonyl (C=O) groups is 2. The fraction of sp³-hybridized carbons (Fsp3) is 0.385. The van der Waals surface area contributed by atoms with Gasteiger partial charge in [0.05, 0.1) is 17.7 Å². The fourth-order valence-corrected chi connectivity index (χ4v) is 2.08. The van der Waals surface area contributed by atoms with Crippen LogP contribution in [0, 0.1) is 5.82 Å². The molecule has 0 saturated carbocycles. The standard InChI is InChI=1S/C13H15FN2O4/c1-20-8-5-11(15-6-8)12(17)16-7-2-3-10(14)9(4-7)13(18)19/h2-4,8,11,15H,5-6H2,1H3,(H,16,17)(H,18,19). The van der Waals surface area contributed by atoms with Crippen molar-refractivity contribution >= 4 is 17.6 Å². The average molecular weight is 282 g/mol. The monoisotopic (exact) mass is 282 g/mol. The Morgan fingerprint density at radius 2 is 2.25 bits per heavy atom. The number of carboxylic acids is 1. The number of carbonyl (C=O) groups excluding carboxylic acids is 1. The zero-order chi connectivity index (χ0) is 14.7. The second kappa shape index (κ2) is 5.98. The molecule has 0 aliphatic carbocycles. The van der Waals surface area contributed by atoms with Crippen LogP contribution in [-0.2, 0) is 9.53 Å². The van der Waals surface area contributed by atoms with E-state index < -0.39 is 23.4 Å². The fourth-order valence-electron chi connectivity index (χ4n) is 2.08. The van der Waals surface area contributed by atoms with Gasteiger partial charge in [0, 0.05) is 19.3 Å². The minimum absolute atomic E-state index is 0.0199. The van der Waals surface area contributed by atoms with Crippen molar-refractivity contribution in [3.05, 3.63) is 29.6 Å². The molecule has 2 unspecified atom stereocenters. The third-order valence-electron chi connectivity index (χ3n) is 3.20. The van der Waals surface area contributed by atoms with Crippen molar-refractivity contribution in [1.29, 1.82) is 0 Å². The van der Waals surface area contributed by atoms with Crippen molar-refractivity contribution < 1.29 is 23.8 Å². The summed E-state index contributed by atoms with van der Waals surface area (Å²) in [5.74, 6) is -2.52. The maximum Gasteiger partial charge on any atom is 0.338 e. The summed E-state index contributed by atoms with van der Waals surface area (Å²) in [6, 6.07) is 3.03. The van der Waals surface area contributed by atoms with Crippen LogP contribution in [0.5, 0.6) is 0 Å². The SMILES string of the molecule is COC1CNC(C(=O)Nc2ccc(F)c(C(=O)O)c2)C1. The number of carboxylic acid groups (broad SMARTS) is 1. The Kier molecular flexibility index (Phi) is 4.31. The summed E-state index contributed by atoms with van der Waals surface area (Å²) >= 11 is 0. The van der Waals surface area contributed by atoms with E-state index in [9.17, 15) is 14.0 Å². The summed E-state index contributed by atoms with van der Waals surface area (Å²) in [6.07, 6.45) is 0.517. The van der Waals surface area contributed by atoms with Gasteiger partial charge >= 0.3 is 5.97 Å². The van der Waals surface area contributed by atoms with Gasteiger partial charge in [0.1, 0.15) is 5.82 Å². The van der Waals surface area contributed by atoms with Crippen LogP contribution in [0.2, 0.25) is 0 Å². The largest absolute Gasteiger partial charge is 0.478 e. The van der Waals surface area contributed by atoms with E-state index >= 15 is 0 Å². The highest BCUT2D eigenvalue weighted by Crippen LogP contribution is 2.17. The van der Waals surface area contributed by atoms with Crippen LogP contribution in [0.15, 0.2) is 18.2 Å². The highest BCUT2D eigenvalue weighted by molar-refractivity contribution is 5.96. The Labute approximate surface area is 114 Å². The number of methoxy groups -OCH3 is 1. The lowest BCUT2D eigenvalue weighted by atomic mass is 10.1. The molecule has 1 fully saturated rings. The van der Waals surface area contributed by atoms with E-state index in [1.807, 2.05) is 0 Å². The van der Waals surface area contributed by atoms with Crippen molar-refractivity contribution in [3.63, 3.8) is 0 Å². The third kappa shape index (κ3) is 3.12. The molecule has 2 atom stereocenters. The zero-order valence-corrected chi connectivity index (χ0v) is 10.9. The van der Waals surface area contributed by atoms with Crippen LogP contribution >= 0.6 is 0 Å². The topological polar surface area (TPSA) is 87.7 Å². The van der Waals surface area contributed by atoms with E-state index in [2.05, 4.69) is 10.6 Å². The Balaban J connectivity index is 2.05. The second-order valence-electron chi connectivity index (χ2n) is 4.54. The predicted octanol–water partition coefficient (Wildman–Crippen LogP) is 0.839. The van der Waals surface area contributed by atoms with E-state index in [4.69, 9.17) is 9.84 Å². The van der Waals surface area contributed by atoms with Crippen LogP contribution < -0.4 is 10.6 Å². The van der Waals surface area contributed by atoms with Crippen LogP contribution in [0.3, 0.4) is 0 Å². The quantitative estimate of drug-likeness (QED) is 0.761. The predicted molar refractivity (Wildman–Crippen MR) is 69.2 cm³/mol. The Morgan fingerprint density at radius 3 is 2.85 bits per heavy atom. The zero-order valence-electron chi connectivity index (χ0n) is 10.9. The first kappa shape index (κ1) is 14.4. The first-order valence-corrected chi connectivity index (χ1v) is 6.11. The number of hydrogen-bond donors (Lipinski definition) is 3. The lowest BCUT2D eigenvalue weighted by Gasteiger charge is -2.12. The molecular formula is C13H15FN2O4. The lowest BCUT2D eigenvalue weighted by Crippen LogP contribution is -2.35. The van der Waals surface area contributed by atoms with Gasteiger partial charge in [0.15, 0.2) is 0 Å². The van der Waals surface area contributed by atoms with Crippen molar-refractivity contribution in [2.75, 3.05) is 19.0 Å². The molecule has 7 heteroatoms. The summed E-state index contributed by atoms with van der Waals surface area (Å²) in [5.41, 5.74) is -0.228. The smallest absolute Gasteiger partial charge is 0.338 e. The summed E-state index contributed by atoms with van der Waals surface area (Å²) in [7, 11) is 1.58. The maximum atomic E-state index is 13.2. The first-order chi connectivity index (χ1) is 9.51. The molecule has 2 rings (SSSR count). The van der Waals surface area contributed by atoms with Gasteiger partial charge in [-0.15, -0.1) is 0 Å². The van der Waals surface area contributed by atoms with Crippen molar-refractivity contribution in [2.45, 2.75) is 18.6 Å². The van der Waals surface area contributed by atoms with Crippen molar-refractivity contribution in [3.8, 4) is 0 Å². The van der Waals surface area contributed by atoms with E-state index in [0.29, 0.717) is 13.0 Å². The minimum atomic E-state index is -1.38. The van der Waals surface area contributed by atoms with Crippen LogP contribution in [0.25, 0.3) is 0 Å². The van der Waals surface area contributed by atoms with E-state index in [1.54, 1.807) is 7.11 Å². The van der Waals surface area contributed by atoms with Crippen LogP contribution in [0.4, 0.5) is 10.1 Å². The molecule has 108 valence electrons. The number of amides is 1. The molecule has 0 radical (unpaired) electrons. The third-order valence-corrected chi connectivity index (χ3v) is 3.20. The summed E-state index contributed by atoms with van der Waals surface area (Å²) in [6.45, 7) is 0.582. The molecule has 0 bridgehead atoms. The molecule has 20 heavy (non-hydrogen) atoms. The number of nitrogens with one attached hydrogen (secondary N) is 2. The van der Waals surface area contributed by atoms with Gasteiger partial charge in [-0.1, -0.05) is 0 Å². The van der Waals surface area contributed by atoms with Crippen LogP contribution in [0.1, 0.15) is 16.8 Å². The molecule has 3 N–H and O–H groups in total. The van der Waals surface area contributed by atoms with Gasteiger partial charge < -0.3 is 20.5 Å². The molecule has 6 nitrogen and oxygen atoms in total. The summed E-state index contributed by atoms with van der Waals surface area (Å²) < 4.78 is 18.4. The number of anilines is 1. The number of ether oxygens (including phenoxy) is 1. The molecule has 1 heterocycles. The van der Waals surface area contributed by atoms with Crippen molar-refractivity contribution in [1.82, 2.24) is 5.32 Å². The molecule has 0 aromatic heterocycles. The summed E-state index contributed by atoms with van der Waals surface area (Å²) in [5, 5.41) is 14.4. The van der Waals surface area contributed by atoms with E-state index in [1.165, 1.54) is 6.07 Å². The molecule has 1 aromatic carbocycles. The van der Waals surface area contributed by atoms with Gasteiger partial charge in [-0.25, -0.2) is 9.18 Å². The van der Waals surface area contributed by atoms with Gasteiger partial charge in [-0.2, -0.15) is 0 Å². The van der Waals surface area contributed by atoms with Crippen molar-refractivity contribution in [2.24, 2.45) is 0 Å². The van der Waals surface area contributed by atoms with E-state index in [0.717, 1.165) is 12.1 Å². The number of rotatable bonds is 4. The number of hydrogen-bond acceptors (Lipinski definition) is 4. The van der Waals surface area contributed by atoms with Gasteiger partial charge in [0.2, 0.25) is 5.91 Å². The Morgan fingerprint density at radius 1 is 1.50 bits per heavy atom. The molecule has 0 spiro atoms. The Hall–Kier alpha value is -1.99. The minimum Gasteiger partial charge on any atom is -0.478 e. The molecule has 1 aliphatic heterocycles. The maximum absolute atomic E-state index is 13.2. The molecule has 1 saturated heterocycles. The average Bonchev–Trinajstić information content (AvgIpc) is 2.89. The molecular weight excluding hydrogens is 267 g/mol. The number of benzene rings is 1. The molecule has 1 amide bonds. The van der Waals surface area contributed by atoms with Gasteiger partial charge in [-0.05, 0) is 24.6 Å². The van der Waals surface area contributed by atoms with E-state index in [-0.39, 0.29) is 17.7 Å².